The standard InChI is InChI=1S/C21H36N2O2S/c1-4-5-6-7-8-13-26-19-14-16(2)23(21(19)25)15-17-9-11-18(12-10-17)20(24)22-3/h17-19H,2,4-15H2,1,3H3,(H,22,24). The van der Waals surface area contributed by atoms with Crippen molar-refractivity contribution in [3.8, 4) is 0 Å². The number of carbonyl (C=O) groups excluding carboxylic acids is 2. The summed E-state index contributed by atoms with van der Waals surface area (Å²) < 4.78 is 0. The van der Waals surface area contributed by atoms with Crippen LogP contribution in [0, 0.1) is 11.8 Å². The van der Waals surface area contributed by atoms with Crippen LogP contribution in [0.1, 0.15) is 71.1 Å². The monoisotopic (exact) mass is 380 g/mol. The highest BCUT2D eigenvalue weighted by molar-refractivity contribution is 8.00. The Bertz CT molecular complexity index is 486. The molecule has 0 spiro atoms. The highest BCUT2D eigenvalue weighted by Crippen LogP contribution is 2.35. The van der Waals surface area contributed by atoms with Crippen LogP contribution in [-0.4, -0.2) is 41.3 Å². The average molecular weight is 381 g/mol. The van der Waals surface area contributed by atoms with Crippen LogP contribution in [0.4, 0.5) is 0 Å². The Morgan fingerprint density at radius 1 is 1.19 bits per heavy atom. The van der Waals surface area contributed by atoms with Gasteiger partial charge in [-0.15, -0.1) is 11.8 Å². The lowest BCUT2D eigenvalue weighted by molar-refractivity contribution is -0.128. The van der Waals surface area contributed by atoms with Gasteiger partial charge in [-0.25, -0.2) is 0 Å². The summed E-state index contributed by atoms with van der Waals surface area (Å²) in [7, 11) is 1.71. The van der Waals surface area contributed by atoms with Crippen LogP contribution in [0.25, 0.3) is 0 Å². The highest BCUT2D eigenvalue weighted by Gasteiger charge is 2.36. The van der Waals surface area contributed by atoms with Crippen LogP contribution in [0.5, 0.6) is 0 Å². The summed E-state index contributed by atoms with van der Waals surface area (Å²) in [6, 6.07) is 0. The maximum Gasteiger partial charge on any atom is 0.240 e. The van der Waals surface area contributed by atoms with E-state index in [0.717, 1.165) is 50.1 Å². The van der Waals surface area contributed by atoms with Crippen molar-refractivity contribution in [3.63, 3.8) is 0 Å². The molecule has 2 amide bonds. The van der Waals surface area contributed by atoms with Gasteiger partial charge in [-0.05, 0) is 43.8 Å². The van der Waals surface area contributed by atoms with E-state index in [2.05, 4.69) is 18.8 Å². The Morgan fingerprint density at radius 3 is 2.54 bits per heavy atom. The van der Waals surface area contributed by atoms with E-state index in [1.54, 1.807) is 7.05 Å². The molecule has 5 heteroatoms. The molecule has 148 valence electrons. The molecule has 0 aromatic heterocycles. The Hall–Kier alpha value is -0.970. The van der Waals surface area contributed by atoms with E-state index in [9.17, 15) is 9.59 Å². The minimum Gasteiger partial charge on any atom is -0.359 e. The van der Waals surface area contributed by atoms with E-state index < -0.39 is 0 Å². The molecule has 4 nitrogen and oxygen atoms in total. The van der Waals surface area contributed by atoms with Gasteiger partial charge in [0.05, 0.1) is 5.25 Å². The predicted octanol–water partition coefficient (Wildman–Crippen LogP) is 4.36. The summed E-state index contributed by atoms with van der Waals surface area (Å²) in [5, 5.41) is 2.84. The van der Waals surface area contributed by atoms with Gasteiger partial charge in [0.15, 0.2) is 0 Å². The molecule has 1 aliphatic heterocycles. The lowest BCUT2D eigenvalue weighted by Gasteiger charge is -2.30. The molecule has 2 fully saturated rings. The average Bonchev–Trinajstić information content (AvgIpc) is 2.92. The first-order valence-corrected chi connectivity index (χ1v) is 11.4. The molecule has 2 rings (SSSR count). The molecule has 1 heterocycles. The third kappa shape index (κ3) is 6.04. The summed E-state index contributed by atoms with van der Waals surface area (Å²) in [6.45, 7) is 7.19. The second-order valence-electron chi connectivity index (χ2n) is 7.82. The number of rotatable bonds is 10. The quantitative estimate of drug-likeness (QED) is 0.573. The zero-order valence-electron chi connectivity index (χ0n) is 16.6. The Balaban J connectivity index is 1.71. The maximum absolute atomic E-state index is 12.8. The van der Waals surface area contributed by atoms with Gasteiger partial charge < -0.3 is 10.2 Å². The minimum atomic E-state index is 0.0795. The lowest BCUT2D eigenvalue weighted by atomic mass is 9.81. The molecule has 1 aliphatic carbocycles. The minimum absolute atomic E-state index is 0.0795. The van der Waals surface area contributed by atoms with Crippen LogP contribution < -0.4 is 5.32 Å². The van der Waals surface area contributed by atoms with Gasteiger partial charge >= 0.3 is 0 Å². The number of nitrogens with zero attached hydrogens (tertiary/aromatic N) is 1. The van der Waals surface area contributed by atoms with Crippen molar-refractivity contribution in [1.82, 2.24) is 10.2 Å². The third-order valence-corrected chi connectivity index (χ3v) is 7.11. The molecule has 1 saturated carbocycles. The van der Waals surface area contributed by atoms with Crippen molar-refractivity contribution < 1.29 is 9.59 Å². The SMILES string of the molecule is C=C1CC(SCCCCCCC)C(=O)N1CC1CCC(C(=O)NC)CC1. The van der Waals surface area contributed by atoms with Crippen molar-refractivity contribution in [2.45, 2.75) is 76.4 Å². The number of likely N-dealkylation sites (tertiary alicyclic amines) is 1. The molecule has 1 unspecified atom stereocenters. The van der Waals surface area contributed by atoms with E-state index in [1.807, 2.05) is 16.7 Å². The maximum atomic E-state index is 12.8. The van der Waals surface area contributed by atoms with Crippen LogP contribution in [0.3, 0.4) is 0 Å². The molecule has 0 aromatic rings. The Morgan fingerprint density at radius 2 is 1.88 bits per heavy atom. The molecule has 1 saturated heterocycles. The molecule has 0 bridgehead atoms. The fraction of sp³-hybridized carbons (Fsp3) is 0.810. The Kier molecular flexibility index (Phi) is 9.03. The fourth-order valence-electron chi connectivity index (χ4n) is 4.09. The summed E-state index contributed by atoms with van der Waals surface area (Å²) in [5.74, 6) is 2.18. The summed E-state index contributed by atoms with van der Waals surface area (Å²) in [4.78, 5) is 26.5. The number of nitrogens with one attached hydrogen (secondary N) is 1. The second-order valence-corrected chi connectivity index (χ2v) is 9.14. The third-order valence-electron chi connectivity index (χ3n) is 5.82. The number of hydrogen-bond acceptors (Lipinski definition) is 3. The van der Waals surface area contributed by atoms with E-state index in [0.29, 0.717) is 5.92 Å². The van der Waals surface area contributed by atoms with Crippen molar-refractivity contribution in [3.05, 3.63) is 12.3 Å². The van der Waals surface area contributed by atoms with Gasteiger partial charge in [-0.3, -0.25) is 9.59 Å². The first kappa shape index (κ1) is 21.3. The summed E-state index contributed by atoms with van der Waals surface area (Å²) >= 11 is 1.82. The highest BCUT2D eigenvalue weighted by atomic mass is 32.2. The molecule has 1 N–H and O–H groups in total. The van der Waals surface area contributed by atoms with Gasteiger partial charge in [0, 0.05) is 31.6 Å². The molecule has 0 aromatic carbocycles. The summed E-state index contributed by atoms with van der Waals surface area (Å²) in [5.41, 5.74) is 0.993. The normalized spacial score (nSPS) is 26.4. The number of allylic oxidation sites excluding steroid dienone is 1. The number of hydrogen-bond donors (Lipinski definition) is 1. The van der Waals surface area contributed by atoms with Crippen LogP contribution in [0.15, 0.2) is 12.3 Å². The smallest absolute Gasteiger partial charge is 0.240 e. The predicted molar refractivity (Wildman–Crippen MR) is 110 cm³/mol. The van der Waals surface area contributed by atoms with Gasteiger partial charge in [-0.2, -0.15) is 0 Å². The van der Waals surface area contributed by atoms with Crippen LogP contribution in [-0.2, 0) is 9.59 Å². The Labute approximate surface area is 163 Å². The van der Waals surface area contributed by atoms with E-state index in [4.69, 9.17) is 0 Å². The van der Waals surface area contributed by atoms with Crippen LogP contribution in [0.2, 0.25) is 0 Å². The molecule has 26 heavy (non-hydrogen) atoms. The first-order valence-electron chi connectivity index (χ1n) is 10.4. The molecule has 1 atom stereocenters. The molecular weight excluding hydrogens is 344 g/mol. The summed E-state index contributed by atoms with van der Waals surface area (Å²) in [6.07, 6.45) is 11.1. The van der Waals surface area contributed by atoms with Gasteiger partial charge in [-0.1, -0.05) is 39.2 Å². The topological polar surface area (TPSA) is 49.4 Å². The lowest BCUT2D eigenvalue weighted by Crippen LogP contribution is -2.36. The van der Waals surface area contributed by atoms with Crippen LogP contribution >= 0.6 is 11.8 Å². The van der Waals surface area contributed by atoms with Crippen molar-refractivity contribution in [2.24, 2.45) is 11.8 Å². The first-order chi connectivity index (χ1) is 12.6. The van der Waals surface area contributed by atoms with E-state index in [1.165, 1.54) is 32.1 Å². The zero-order valence-corrected chi connectivity index (χ0v) is 17.4. The number of thioether (sulfide) groups is 1. The molecular formula is C21H36N2O2S. The van der Waals surface area contributed by atoms with Crippen molar-refractivity contribution >= 4 is 23.6 Å². The van der Waals surface area contributed by atoms with Crippen molar-refractivity contribution in [1.29, 1.82) is 0 Å². The van der Waals surface area contributed by atoms with Gasteiger partial charge in [0.1, 0.15) is 0 Å². The van der Waals surface area contributed by atoms with E-state index in [-0.39, 0.29) is 23.0 Å². The molecule has 0 radical (unpaired) electrons. The number of carbonyl (C=O) groups is 2. The number of unbranched alkanes of at least 4 members (excludes halogenated alkanes) is 4. The van der Waals surface area contributed by atoms with E-state index >= 15 is 0 Å². The fourth-order valence-corrected chi connectivity index (χ4v) is 5.33. The van der Waals surface area contributed by atoms with Crippen molar-refractivity contribution in [2.75, 3.05) is 19.3 Å². The van der Waals surface area contributed by atoms with Gasteiger partial charge in [0.25, 0.3) is 0 Å². The largest absolute Gasteiger partial charge is 0.359 e. The second kappa shape index (κ2) is 11.0. The number of amides is 2. The molecule has 2 aliphatic rings. The van der Waals surface area contributed by atoms with Gasteiger partial charge in [0.2, 0.25) is 11.8 Å². The zero-order chi connectivity index (χ0) is 18.9.